The van der Waals surface area contributed by atoms with Crippen molar-refractivity contribution in [3.63, 3.8) is 0 Å². The minimum absolute atomic E-state index is 0.179. The molecule has 0 amide bonds. The maximum absolute atomic E-state index is 13.4. The monoisotopic (exact) mass is 408 g/mol. The zero-order valence-electron chi connectivity index (χ0n) is 13.6. The minimum Gasteiger partial charge on any atom is -0.437 e. The van der Waals surface area contributed by atoms with E-state index < -0.39 is 11.9 Å². The van der Waals surface area contributed by atoms with Crippen LogP contribution < -0.4 is 20.7 Å². The fourth-order valence-corrected chi connectivity index (χ4v) is 3.30. The molecule has 2 aromatic rings. The Balaban J connectivity index is 1.62. The molecule has 0 bridgehead atoms. The third kappa shape index (κ3) is 3.29. The van der Waals surface area contributed by atoms with Crippen molar-refractivity contribution in [2.45, 2.75) is 25.9 Å². The second kappa shape index (κ2) is 6.44. The number of ether oxygens (including phenoxy) is 1. The van der Waals surface area contributed by atoms with Crippen molar-refractivity contribution in [3.05, 3.63) is 40.2 Å². The number of aliphatic hydroxyl groups is 1. The number of nitrogens with one attached hydrogen (secondary N) is 2. The summed E-state index contributed by atoms with van der Waals surface area (Å²) in [6, 6.07) is 5.01. The highest BCUT2D eigenvalue weighted by Gasteiger charge is 2.30. The maximum Gasteiger partial charge on any atom is 0.225 e. The van der Waals surface area contributed by atoms with Gasteiger partial charge in [0.25, 0.3) is 0 Å². The van der Waals surface area contributed by atoms with Crippen LogP contribution in [0.15, 0.2) is 28.9 Å². The molecule has 0 spiro atoms. The molecule has 25 heavy (non-hydrogen) atoms. The number of rotatable bonds is 5. The summed E-state index contributed by atoms with van der Waals surface area (Å²) in [4.78, 5) is 3.97. The van der Waals surface area contributed by atoms with Crippen molar-refractivity contribution in [1.82, 2.24) is 10.5 Å². The molecule has 1 unspecified atom stereocenters. The Bertz CT molecular complexity index is 813. The molecule has 0 radical (unpaired) electrons. The van der Waals surface area contributed by atoms with E-state index in [9.17, 15) is 9.50 Å². The molecule has 1 saturated carbocycles. The van der Waals surface area contributed by atoms with Crippen molar-refractivity contribution in [2.24, 2.45) is 5.92 Å². The summed E-state index contributed by atoms with van der Waals surface area (Å²) in [5.74, 6) is 0.935. The van der Waals surface area contributed by atoms with E-state index in [0.717, 1.165) is 34.5 Å². The number of pyridine rings is 1. The van der Waals surface area contributed by atoms with E-state index in [0.29, 0.717) is 11.3 Å². The molecule has 132 valence electrons. The molecule has 1 fully saturated rings. The first-order chi connectivity index (χ1) is 12.0. The first-order valence-electron chi connectivity index (χ1n) is 8.16. The number of fused-ring (bicyclic) bond motifs is 1. The fourth-order valence-electron chi connectivity index (χ4n) is 2.79. The standard InChI is InChI=1S/C17H18BrFN4O2/c1-9(24)12-6-11(19)7-20-17(12)25-14-5-4-13-16(15(14)18)21-22-23(13)8-10-2-3-10/h4-7,9-10,21-22,24H,2-3,8H2,1H3. The summed E-state index contributed by atoms with van der Waals surface area (Å²) < 4.78 is 20.0. The number of nitrogens with zero attached hydrogens (tertiary/aromatic N) is 2. The molecule has 1 aliphatic heterocycles. The van der Waals surface area contributed by atoms with Gasteiger partial charge < -0.3 is 15.3 Å². The average Bonchev–Trinajstić information content (AvgIpc) is 3.30. The van der Waals surface area contributed by atoms with Crippen LogP contribution in [0.4, 0.5) is 15.8 Å². The van der Waals surface area contributed by atoms with Crippen LogP contribution in [0.2, 0.25) is 0 Å². The highest BCUT2D eigenvalue weighted by molar-refractivity contribution is 9.10. The van der Waals surface area contributed by atoms with Gasteiger partial charge in [-0.2, -0.15) is 0 Å². The lowest BCUT2D eigenvalue weighted by Crippen LogP contribution is -2.37. The van der Waals surface area contributed by atoms with Gasteiger partial charge in [-0.3, -0.25) is 5.01 Å². The van der Waals surface area contributed by atoms with E-state index in [2.05, 4.69) is 36.9 Å². The van der Waals surface area contributed by atoms with E-state index in [4.69, 9.17) is 4.74 Å². The van der Waals surface area contributed by atoms with Crippen LogP contribution in [0.25, 0.3) is 0 Å². The molecule has 2 heterocycles. The van der Waals surface area contributed by atoms with Gasteiger partial charge in [-0.1, -0.05) is 0 Å². The predicted octanol–water partition coefficient (Wildman–Crippen LogP) is 3.89. The molecule has 0 saturated heterocycles. The first kappa shape index (κ1) is 16.6. The average molecular weight is 409 g/mol. The Morgan fingerprint density at radius 3 is 3.00 bits per heavy atom. The molecule has 2 aliphatic rings. The van der Waals surface area contributed by atoms with Crippen LogP contribution in [0.1, 0.15) is 31.4 Å². The smallest absolute Gasteiger partial charge is 0.225 e. The Morgan fingerprint density at radius 1 is 1.48 bits per heavy atom. The summed E-state index contributed by atoms with van der Waals surface area (Å²) in [7, 11) is 0. The van der Waals surface area contributed by atoms with Gasteiger partial charge >= 0.3 is 0 Å². The van der Waals surface area contributed by atoms with Crippen molar-refractivity contribution in [2.75, 3.05) is 17.0 Å². The summed E-state index contributed by atoms with van der Waals surface area (Å²) in [5.41, 5.74) is 8.51. The zero-order valence-corrected chi connectivity index (χ0v) is 15.2. The molecule has 1 atom stereocenters. The summed E-state index contributed by atoms with van der Waals surface area (Å²) >= 11 is 3.56. The van der Waals surface area contributed by atoms with Crippen LogP contribution in [0.3, 0.4) is 0 Å². The van der Waals surface area contributed by atoms with E-state index in [-0.39, 0.29) is 5.88 Å². The van der Waals surface area contributed by atoms with E-state index >= 15 is 0 Å². The lowest BCUT2D eigenvalue weighted by atomic mass is 10.2. The molecule has 1 aromatic carbocycles. The number of aromatic nitrogens is 1. The van der Waals surface area contributed by atoms with Crippen LogP contribution >= 0.6 is 15.9 Å². The number of aliphatic hydroxyl groups excluding tert-OH is 1. The van der Waals surface area contributed by atoms with Crippen molar-refractivity contribution >= 4 is 27.3 Å². The van der Waals surface area contributed by atoms with Gasteiger partial charge in [-0.15, -0.1) is 5.53 Å². The number of hydrogen-bond donors (Lipinski definition) is 3. The molecule has 8 heteroatoms. The molecule has 1 aliphatic carbocycles. The Kier molecular flexibility index (Phi) is 4.26. The fraction of sp³-hybridized carbons (Fsp3) is 0.353. The molecular weight excluding hydrogens is 391 g/mol. The summed E-state index contributed by atoms with van der Waals surface area (Å²) in [6.45, 7) is 2.50. The largest absolute Gasteiger partial charge is 0.437 e. The second-order valence-electron chi connectivity index (χ2n) is 6.39. The molecular formula is C17H18BrFN4O2. The Morgan fingerprint density at radius 2 is 2.28 bits per heavy atom. The van der Waals surface area contributed by atoms with E-state index in [1.165, 1.54) is 18.9 Å². The number of hydrogen-bond acceptors (Lipinski definition) is 6. The highest BCUT2D eigenvalue weighted by atomic mass is 79.9. The lowest BCUT2D eigenvalue weighted by Gasteiger charge is -2.18. The van der Waals surface area contributed by atoms with Gasteiger partial charge in [0.1, 0.15) is 11.6 Å². The number of benzene rings is 1. The van der Waals surface area contributed by atoms with Gasteiger partial charge in [0.15, 0.2) is 0 Å². The quantitative estimate of drug-likeness (QED) is 0.696. The summed E-state index contributed by atoms with van der Waals surface area (Å²) in [6.07, 6.45) is 2.72. The van der Waals surface area contributed by atoms with Gasteiger partial charge in [0, 0.05) is 12.1 Å². The van der Waals surface area contributed by atoms with Crippen molar-refractivity contribution in [3.8, 4) is 11.6 Å². The van der Waals surface area contributed by atoms with Gasteiger partial charge in [-0.25, -0.2) is 9.37 Å². The van der Waals surface area contributed by atoms with Crippen LogP contribution in [-0.4, -0.2) is 16.6 Å². The number of anilines is 2. The van der Waals surface area contributed by atoms with Gasteiger partial charge in [0.05, 0.1) is 28.1 Å². The van der Waals surface area contributed by atoms with Gasteiger partial charge in [0.2, 0.25) is 5.88 Å². The number of hydrazine groups is 2. The SMILES string of the molecule is CC(O)c1cc(F)cnc1Oc1ccc2c(c1Br)NNN2CC1CC1. The van der Waals surface area contributed by atoms with E-state index in [1.807, 2.05) is 12.1 Å². The second-order valence-corrected chi connectivity index (χ2v) is 7.18. The Hall–Kier alpha value is -1.90. The van der Waals surface area contributed by atoms with Crippen LogP contribution in [-0.2, 0) is 0 Å². The highest BCUT2D eigenvalue weighted by Crippen LogP contribution is 2.44. The normalized spacial score (nSPS) is 17.2. The maximum atomic E-state index is 13.4. The molecule has 3 N–H and O–H groups in total. The third-order valence-corrected chi connectivity index (χ3v) is 5.12. The molecule has 1 aromatic heterocycles. The zero-order chi connectivity index (χ0) is 17.6. The molecule has 6 nitrogen and oxygen atoms in total. The van der Waals surface area contributed by atoms with Crippen LogP contribution in [0.5, 0.6) is 11.6 Å². The molecule has 4 rings (SSSR count). The number of halogens is 2. The third-order valence-electron chi connectivity index (χ3n) is 4.33. The Labute approximate surface area is 153 Å². The lowest BCUT2D eigenvalue weighted by molar-refractivity contribution is 0.194. The van der Waals surface area contributed by atoms with E-state index in [1.54, 1.807) is 6.92 Å². The summed E-state index contributed by atoms with van der Waals surface area (Å²) in [5, 5.41) is 11.9. The first-order valence-corrected chi connectivity index (χ1v) is 8.95. The van der Waals surface area contributed by atoms with Crippen molar-refractivity contribution in [1.29, 1.82) is 0 Å². The topological polar surface area (TPSA) is 69.7 Å². The van der Waals surface area contributed by atoms with Gasteiger partial charge in [-0.05, 0) is 59.8 Å². The minimum atomic E-state index is -0.889. The predicted molar refractivity (Wildman–Crippen MR) is 95.9 cm³/mol. The van der Waals surface area contributed by atoms with Crippen LogP contribution in [0, 0.1) is 11.7 Å². The van der Waals surface area contributed by atoms with Crippen molar-refractivity contribution < 1.29 is 14.2 Å².